The van der Waals surface area contributed by atoms with Gasteiger partial charge in [-0.05, 0) is 0 Å². The molecule has 0 aromatic carbocycles. The molecule has 0 bridgehead atoms. The molecule has 14 heavy (non-hydrogen) atoms. The lowest BCUT2D eigenvalue weighted by Crippen LogP contribution is -2.47. The van der Waals surface area contributed by atoms with Gasteiger partial charge in [0.25, 0.3) is 5.79 Å². The molecule has 1 aliphatic heterocycles. The van der Waals surface area contributed by atoms with Crippen molar-refractivity contribution in [3.05, 3.63) is 0 Å². The number of carbonyl (C=O) groups excluding carboxylic acids is 1. The second-order valence-electron chi connectivity index (χ2n) is 4.40. The second kappa shape index (κ2) is 3.58. The maximum atomic E-state index is 11.7. The minimum Gasteiger partial charge on any atom is -0.391 e. The van der Waals surface area contributed by atoms with Crippen molar-refractivity contribution >= 4 is 5.78 Å². The lowest BCUT2D eigenvalue weighted by molar-refractivity contribution is -0.209. The summed E-state index contributed by atoms with van der Waals surface area (Å²) in [5, 5.41) is 18.5. The third-order valence-electron chi connectivity index (χ3n) is 1.98. The van der Waals surface area contributed by atoms with E-state index in [9.17, 15) is 9.90 Å². The SMILES string of the molecule is CC(C)(C)C(=O)C1(O)COC(CO)O1. The Kier molecular flexibility index (Phi) is 2.96. The van der Waals surface area contributed by atoms with Gasteiger partial charge in [-0.15, -0.1) is 0 Å². The summed E-state index contributed by atoms with van der Waals surface area (Å²) in [6, 6.07) is 0. The molecule has 1 rings (SSSR count). The molecule has 2 atom stereocenters. The lowest BCUT2D eigenvalue weighted by atomic mass is 9.86. The molecule has 1 fully saturated rings. The molecule has 0 aromatic heterocycles. The van der Waals surface area contributed by atoms with Crippen LogP contribution in [-0.2, 0) is 14.3 Å². The minimum absolute atomic E-state index is 0.228. The molecule has 0 spiro atoms. The van der Waals surface area contributed by atoms with Gasteiger partial charge in [-0.2, -0.15) is 0 Å². The molecule has 1 aliphatic rings. The number of hydrogen-bond acceptors (Lipinski definition) is 5. The van der Waals surface area contributed by atoms with E-state index in [1.807, 2.05) is 0 Å². The monoisotopic (exact) mass is 204 g/mol. The van der Waals surface area contributed by atoms with Crippen LogP contribution in [0, 0.1) is 5.41 Å². The lowest BCUT2D eigenvalue weighted by Gasteiger charge is -2.26. The van der Waals surface area contributed by atoms with Crippen molar-refractivity contribution in [2.75, 3.05) is 13.2 Å². The van der Waals surface area contributed by atoms with Gasteiger partial charge in [0.15, 0.2) is 12.1 Å². The summed E-state index contributed by atoms with van der Waals surface area (Å²) in [5.41, 5.74) is -0.706. The average Bonchev–Trinajstić information content (AvgIpc) is 2.46. The molecule has 82 valence electrons. The van der Waals surface area contributed by atoms with Crippen LogP contribution < -0.4 is 0 Å². The molecule has 2 unspecified atom stereocenters. The van der Waals surface area contributed by atoms with Gasteiger partial charge in [-0.1, -0.05) is 20.8 Å². The quantitative estimate of drug-likeness (QED) is 0.643. The zero-order valence-electron chi connectivity index (χ0n) is 8.61. The van der Waals surface area contributed by atoms with Crippen LogP contribution in [0.25, 0.3) is 0 Å². The van der Waals surface area contributed by atoms with E-state index in [1.165, 1.54) is 0 Å². The number of Topliss-reactive ketones (excluding diaryl/α,β-unsaturated/α-hetero) is 1. The van der Waals surface area contributed by atoms with Crippen molar-refractivity contribution in [1.29, 1.82) is 0 Å². The Morgan fingerprint density at radius 2 is 2.14 bits per heavy atom. The molecule has 0 radical (unpaired) electrons. The molecule has 5 heteroatoms. The second-order valence-corrected chi connectivity index (χ2v) is 4.40. The van der Waals surface area contributed by atoms with Crippen LogP contribution in [0.1, 0.15) is 20.8 Å². The highest BCUT2D eigenvalue weighted by Gasteiger charge is 2.49. The molecule has 5 nitrogen and oxygen atoms in total. The topological polar surface area (TPSA) is 76.0 Å². The first-order valence-corrected chi connectivity index (χ1v) is 4.47. The summed E-state index contributed by atoms with van der Waals surface area (Å²) in [5.74, 6) is -2.35. The number of carbonyl (C=O) groups is 1. The first-order chi connectivity index (χ1) is 6.29. The maximum absolute atomic E-state index is 11.7. The third-order valence-corrected chi connectivity index (χ3v) is 1.98. The van der Waals surface area contributed by atoms with E-state index in [2.05, 4.69) is 0 Å². The number of hydrogen-bond donors (Lipinski definition) is 2. The number of ether oxygens (including phenoxy) is 2. The fourth-order valence-electron chi connectivity index (χ4n) is 1.29. The Labute approximate surface area is 82.6 Å². The Morgan fingerprint density at radius 3 is 2.50 bits per heavy atom. The van der Waals surface area contributed by atoms with Crippen LogP contribution >= 0.6 is 0 Å². The Morgan fingerprint density at radius 1 is 1.57 bits per heavy atom. The molecule has 2 N–H and O–H groups in total. The largest absolute Gasteiger partial charge is 0.391 e. The fraction of sp³-hybridized carbons (Fsp3) is 0.889. The summed E-state index contributed by atoms with van der Waals surface area (Å²) in [6.07, 6.45) is -0.911. The predicted molar refractivity (Wildman–Crippen MR) is 47.3 cm³/mol. The predicted octanol–water partition coefficient (Wildman–Crippen LogP) is -0.345. The van der Waals surface area contributed by atoms with Crippen molar-refractivity contribution in [3.63, 3.8) is 0 Å². The van der Waals surface area contributed by atoms with Crippen molar-refractivity contribution in [2.24, 2.45) is 5.41 Å². The van der Waals surface area contributed by atoms with Gasteiger partial charge >= 0.3 is 0 Å². The molecule has 0 saturated carbocycles. The van der Waals surface area contributed by atoms with E-state index < -0.39 is 23.3 Å². The summed E-state index contributed by atoms with van der Waals surface area (Å²) in [4.78, 5) is 11.7. The maximum Gasteiger partial charge on any atom is 0.253 e. The summed E-state index contributed by atoms with van der Waals surface area (Å²) in [6.45, 7) is 4.45. The molecule has 0 aromatic rings. The van der Waals surface area contributed by atoms with Crippen LogP contribution in [0.4, 0.5) is 0 Å². The molecule has 0 amide bonds. The van der Waals surface area contributed by atoms with E-state index >= 15 is 0 Å². The van der Waals surface area contributed by atoms with E-state index in [0.717, 1.165) is 0 Å². The summed E-state index contributed by atoms with van der Waals surface area (Å²) < 4.78 is 9.81. The number of aliphatic hydroxyl groups is 2. The van der Waals surface area contributed by atoms with Gasteiger partial charge in [-0.25, -0.2) is 0 Å². The van der Waals surface area contributed by atoms with Crippen LogP contribution in [0.15, 0.2) is 0 Å². The molecule has 1 heterocycles. The normalized spacial score (nSPS) is 33.4. The highest BCUT2D eigenvalue weighted by atomic mass is 16.8. The average molecular weight is 204 g/mol. The van der Waals surface area contributed by atoms with Crippen molar-refractivity contribution in [1.82, 2.24) is 0 Å². The minimum atomic E-state index is -1.91. The van der Waals surface area contributed by atoms with Crippen LogP contribution in [0.3, 0.4) is 0 Å². The van der Waals surface area contributed by atoms with Gasteiger partial charge < -0.3 is 19.7 Å². The van der Waals surface area contributed by atoms with Crippen LogP contribution in [0.5, 0.6) is 0 Å². The summed E-state index contributed by atoms with van der Waals surface area (Å²) >= 11 is 0. The van der Waals surface area contributed by atoms with Gasteiger partial charge in [-0.3, -0.25) is 4.79 Å². The van der Waals surface area contributed by atoms with Crippen LogP contribution in [-0.4, -0.2) is 41.3 Å². The Hall–Kier alpha value is -0.490. The summed E-state index contributed by atoms with van der Waals surface area (Å²) in [7, 11) is 0. The van der Waals surface area contributed by atoms with Crippen molar-refractivity contribution in [2.45, 2.75) is 32.8 Å². The molecular weight excluding hydrogens is 188 g/mol. The van der Waals surface area contributed by atoms with Gasteiger partial charge in [0.05, 0.1) is 6.61 Å². The van der Waals surface area contributed by atoms with Crippen molar-refractivity contribution < 1.29 is 24.5 Å². The van der Waals surface area contributed by atoms with Gasteiger partial charge in [0.2, 0.25) is 0 Å². The Bertz CT molecular complexity index is 232. The molecular formula is C9H16O5. The number of aliphatic hydroxyl groups excluding tert-OH is 1. The van der Waals surface area contributed by atoms with Gasteiger partial charge in [0.1, 0.15) is 6.61 Å². The zero-order chi connectivity index (χ0) is 11.0. The van der Waals surface area contributed by atoms with E-state index in [4.69, 9.17) is 14.6 Å². The first kappa shape index (κ1) is 11.6. The fourth-order valence-corrected chi connectivity index (χ4v) is 1.29. The first-order valence-electron chi connectivity index (χ1n) is 4.47. The highest BCUT2D eigenvalue weighted by molar-refractivity contribution is 5.90. The Balaban J connectivity index is 2.73. The molecule has 1 saturated heterocycles. The van der Waals surface area contributed by atoms with Crippen molar-refractivity contribution in [3.8, 4) is 0 Å². The number of rotatable bonds is 2. The highest BCUT2D eigenvalue weighted by Crippen LogP contribution is 2.29. The van der Waals surface area contributed by atoms with Crippen LogP contribution in [0.2, 0.25) is 0 Å². The smallest absolute Gasteiger partial charge is 0.253 e. The standard InChI is InChI=1S/C9H16O5/c1-8(2,3)7(11)9(12)5-13-6(4-10)14-9/h6,10,12H,4-5H2,1-3H3. The third kappa shape index (κ3) is 2.12. The molecule has 0 aliphatic carbocycles. The van der Waals surface area contributed by atoms with E-state index in [1.54, 1.807) is 20.8 Å². The van der Waals surface area contributed by atoms with E-state index in [0.29, 0.717) is 0 Å². The van der Waals surface area contributed by atoms with E-state index in [-0.39, 0.29) is 13.2 Å². The number of ketones is 1. The zero-order valence-corrected chi connectivity index (χ0v) is 8.61. The van der Waals surface area contributed by atoms with Gasteiger partial charge in [0, 0.05) is 5.41 Å².